The molecule has 4 rings (SSSR count). The molecule has 0 bridgehead atoms. The number of rotatable bonds is 6. The highest BCUT2D eigenvalue weighted by molar-refractivity contribution is 5.78. The summed E-state index contributed by atoms with van der Waals surface area (Å²) in [6.45, 7) is -0.574. The van der Waals surface area contributed by atoms with Crippen molar-refractivity contribution in [2.45, 2.75) is 24.5 Å². The first-order valence-electron chi connectivity index (χ1n) is 8.73. The van der Waals surface area contributed by atoms with E-state index in [0.29, 0.717) is 0 Å². The molecular formula is C15H16N8O8. The lowest BCUT2D eigenvalue weighted by atomic mass is 10.1. The molecule has 31 heavy (non-hydrogen) atoms. The number of H-pyrrole nitrogens is 1. The van der Waals surface area contributed by atoms with Crippen molar-refractivity contribution >= 4 is 35.2 Å². The maximum atomic E-state index is 12.2. The van der Waals surface area contributed by atoms with Gasteiger partial charge >= 0.3 is 5.88 Å². The Hall–Kier alpha value is -3.86. The van der Waals surface area contributed by atoms with Crippen LogP contribution in [0.25, 0.3) is 11.2 Å². The standard InChI is InChI=1S/C15H16N8O8/c16-14-19-11-8(12(27)20-14)18-15(21-17-3-5-1-2-7(30-5)23(28)29)22(11)13-10(26)9(25)6(4-24)31-13/h1-3,6,9-10,13,24-26H,4H2,(H,18,21)(H3,16,19,20,27)/b17-3+. The summed E-state index contributed by atoms with van der Waals surface area (Å²) in [5.41, 5.74) is 7.18. The van der Waals surface area contributed by atoms with Gasteiger partial charge in [0.1, 0.15) is 23.2 Å². The summed E-state index contributed by atoms with van der Waals surface area (Å²) >= 11 is 0. The molecule has 1 saturated heterocycles. The molecule has 0 saturated carbocycles. The van der Waals surface area contributed by atoms with Crippen LogP contribution in [0.5, 0.6) is 0 Å². The van der Waals surface area contributed by atoms with Crippen molar-refractivity contribution in [3.8, 4) is 0 Å². The number of aliphatic hydroxyl groups excluding tert-OH is 3. The Morgan fingerprint density at radius 2 is 2.16 bits per heavy atom. The van der Waals surface area contributed by atoms with Gasteiger partial charge in [0, 0.05) is 0 Å². The van der Waals surface area contributed by atoms with Crippen molar-refractivity contribution in [2.75, 3.05) is 17.8 Å². The molecule has 1 fully saturated rings. The molecule has 0 aromatic carbocycles. The summed E-state index contributed by atoms with van der Waals surface area (Å²) in [5.74, 6) is -0.796. The Morgan fingerprint density at radius 1 is 1.39 bits per heavy atom. The van der Waals surface area contributed by atoms with Crippen LogP contribution >= 0.6 is 0 Å². The highest BCUT2D eigenvalue weighted by Crippen LogP contribution is 2.33. The number of hydrogen-bond acceptors (Lipinski definition) is 13. The first kappa shape index (κ1) is 20.4. The van der Waals surface area contributed by atoms with Gasteiger partial charge in [-0.15, -0.1) is 0 Å². The fraction of sp³-hybridized carbons (Fsp3) is 0.333. The molecule has 0 spiro atoms. The zero-order valence-electron chi connectivity index (χ0n) is 15.4. The zero-order chi connectivity index (χ0) is 22.3. The monoisotopic (exact) mass is 436 g/mol. The van der Waals surface area contributed by atoms with Crippen LogP contribution in [0, 0.1) is 10.1 Å². The number of imidazole rings is 1. The van der Waals surface area contributed by atoms with Gasteiger partial charge in [0.2, 0.25) is 11.9 Å². The minimum atomic E-state index is -1.51. The van der Waals surface area contributed by atoms with Crippen molar-refractivity contribution < 1.29 is 29.4 Å². The van der Waals surface area contributed by atoms with Crippen molar-refractivity contribution in [3.05, 3.63) is 38.4 Å². The van der Waals surface area contributed by atoms with Gasteiger partial charge in [-0.3, -0.25) is 24.5 Å². The second kappa shape index (κ2) is 7.76. The molecule has 3 aromatic rings. The number of fused-ring (bicyclic) bond motifs is 1. The molecule has 4 atom stereocenters. The van der Waals surface area contributed by atoms with E-state index < -0.39 is 47.5 Å². The Balaban J connectivity index is 1.73. The molecule has 0 amide bonds. The predicted octanol–water partition coefficient (Wildman–Crippen LogP) is -1.74. The second-order valence-corrected chi connectivity index (χ2v) is 6.46. The molecule has 1 aliphatic heterocycles. The van der Waals surface area contributed by atoms with Crippen molar-refractivity contribution in [3.63, 3.8) is 0 Å². The van der Waals surface area contributed by atoms with Gasteiger partial charge in [-0.1, -0.05) is 0 Å². The number of nitrogen functional groups attached to an aromatic ring is 1. The van der Waals surface area contributed by atoms with E-state index in [9.17, 15) is 30.2 Å². The van der Waals surface area contributed by atoms with Crippen LogP contribution in [0.2, 0.25) is 0 Å². The van der Waals surface area contributed by atoms with Crippen LogP contribution < -0.4 is 16.7 Å². The summed E-state index contributed by atoms with van der Waals surface area (Å²) in [5, 5.41) is 44.3. The van der Waals surface area contributed by atoms with Crippen LogP contribution in [-0.4, -0.2) is 70.9 Å². The minimum absolute atomic E-state index is 0.0509. The van der Waals surface area contributed by atoms with E-state index in [0.717, 1.165) is 16.8 Å². The largest absolute Gasteiger partial charge is 0.433 e. The number of anilines is 2. The number of aromatic amines is 1. The van der Waals surface area contributed by atoms with E-state index >= 15 is 0 Å². The Labute approximate surface area is 170 Å². The smallest absolute Gasteiger partial charge is 0.400 e. The SMILES string of the molecule is Nc1nc2c(nc(N/N=C/c3ccc([N+](=O)[O-])o3)n2C2OC(CO)C(O)C2O)c(=O)[nH]1. The van der Waals surface area contributed by atoms with Gasteiger partial charge in [0.15, 0.2) is 23.2 Å². The number of aromatic nitrogens is 4. The van der Waals surface area contributed by atoms with Crippen LogP contribution in [-0.2, 0) is 4.74 Å². The minimum Gasteiger partial charge on any atom is -0.400 e. The lowest BCUT2D eigenvalue weighted by Crippen LogP contribution is -2.33. The third kappa shape index (κ3) is 3.59. The molecule has 164 valence electrons. The molecule has 7 N–H and O–H groups in total. The number of nitrogens with zero attached hydrogens (tertiary/aromatic N) is 5. The number of nitro groups is 1. The first-order valence-corrected chi connectivity index (χ1v) is 8.73. The third-order valence-electron chi connectivity index (χ3n) is 4.49. The van der Waals surface area contributed by atoms with E-state index in [1.807, 2.05) is 0 Å². The van der Waals surface area contributed by atoms with E-state index in [1.54, 1.807) is 0 Å². The highest BCUT2D eigenvalue weighted by atomic mass is 16.6. The van der Waals surface area contributed by atoms with Crippen molar-refractivity contribution in [1.82, 2.24) is 19.5 Å². The molecule has 0 aliphatic carbocycles. The average molecular weight is 436 g/mol. The van der Waals surface area contributed by atoms with Gasteiger partial charge in [0.25, 0.3) is 5.56 Å². The number of nitrogens with two attached hydrogens (primary N) is 1. The number of aliphatic hydroxyl groups is 3. The lowest BCUT2D eigenvalue weighted by Gasteiger charge is -2.18. The van der Waals surface area contributed by atoms with Gasteiger partial charge in [0.05, 0.1) is 18.9 Å². The topological polar surface area (TPSA) is 240 Å². The quantitative estimate of drug-likeness (QED) is 0.143. The van der Waals surface area contributed by atoms with Gasteiger partial charge in [-0.25, -0.2) is 10.4 Å². The van der Waals surface area contributed by atoms with Gasteiger partial charge < -0.3 is 30.2 Å². The van der Waals surface area contributed by atoms with E-state index in [1.165, 1.54) is 6.07 Å². The number of hydrazone groups is 1. The second-order valence-electron chi connectivity index (χ2n) is 6.46. The van der Waals surface area contributed by atoms with Gasteiger partial charge in [-0.2, -0.15) is 10.1 Å². The summed E-state index contributed by atoms with van der Waals surface area (Å²) < 4.78 is 11.6. The average Bonchev–Trinajstić information content (AvgIpc) is 3.40. The van der Waals surface area contributed by atoms with Crippen LogP contribution in [0.3, 0.4) is 0 Å². The van der Waals surface area contributed by atoms with E-state index in [4.69, 9.17) is 14.9 Å². The molecule has 16 heteroatoms. The Morgan fingerprint density at radius 3 is 2.81 bits per heavy atom. The summed E-state index contributed by atoms with van der Waals surface area (Å²) in [7, 11) is 0. The molecule has 1 aliphatic rings. The summed E-state index contributed by atoms with van der Waals surface area (Å²) in [6.07, 6.45) is -4.22. The van der Waals surface area contributed by atoms with E-state index in [2.05, 4.69) is 25.5 Å². The maximum Gasteiger partial charge on any atom is 0.433 e. The fourth-order valence-electron chi connectivity index (χ4n) is 3.08. The number of nitrogens with one attached hydrogen (secondary N) is 2. The summed E-state index contributed by atoms with van der Waals surface area (Å²) in [4.78, 5) is 32.5. The molecule has 3 aromatic heterocycles. The maximum absolute atomic E-state index is 12.2. The Bertz CT molecular complexity index is 1220. The van der Waals surface area contributed by atoms with Crippen LogP contribution in [0.1, 0.15) is 12.0 Å². The number of hydrogen-bond donors (Lipinski definition) is 6. The highest BCUT2D eigenvalue weighted by Gasteiger charge is 2.45. The molecule has 16 nitrogen and oxygen atoms in total. The number of ether oxygens (including phenoxy) is 1. The van der Waals surface area contributed by atoms with E-state index in [-0.39, 0.29) is 28.8 Å². The third-order valence-corrected chi connectivity index (χ3v) is 4.49. The van der Waals surface area contributed by atoms with Crippen molar-refractivity contribution in [1.29, 1.82) is 0 Å². The van der Waals surface area contributed by atoms with Crippen molar-refractivity contribution in [2.24, 2.45) is 5.10 Å². The molecule has 4 unspecified atom stereocenters. The zero-order valence-corrected chi connectivity index (χ0v) is 15.4. The molecule has 0 radical (unpaired) electrons. The lowest BCUT2D eigenvalue weighted by molar-refractivity contribution is -0.402. The molecule has 4 heterocycles. The van der Waals surface area contributed by atoms with Crippen LogP contribution in [0.15, 0.2) is 26.4 Å². The Kier molecular flexibility index (Phi) is 5.11. The van der Waals surface area contributed by atoms with Crippen LogP contribution in [0.4, 0.5) is 17.8 Å². The fourth-order valence-corrected chi connectivity index (χ4v) is 3.08. The van der Waals surface area contributed by atoms with Gasteiger partial charge in [-0.05, 0) is 6.07 Å². The summed E-state index contributed by atoms with van der Waals surface area (Å²) in [6, 6.07) is 2.45. The number of furan rings is 1. The first-order chi connectivity index (χ1) is 14.8. The normalized spacial score (nSPS) is 23.7. The molecular weight excluding hydrogens is 420 g/mol. The predicted molar refractivity (Wildman–Crippen MR) is 102 cm³/mol.